The third kappa shape index (κ3) is 5.22. The number of aromatic carboxylic acids is 1. The maximum absolute atomic E-state index is 12.1. The third-order valence-electron chi connectivity index (χ3n) is 2.68. The summed E-state index contributed by atoms with van der Waals surface area (Å²) in [5.41, 5.74) is 0.210. The predicted octanol–water partition coefficient (Wildman–Crippen LogP) is 1.51. The van der Waals surface area contributed by atoms with Gasteiger partial charge in [-0.15, -0.1) is 0 Å². The quantitative estimate of drug-likeness (QED) is 0.708. The van der Waals surface area contributed by atoms with E-state index in [1.54, 1.807) is 0 Å². The number of carboxylic acid groups (broad SMARTS) is 1. The Balaban J connectivity index is 2.84. The molecular weight excluding hydrogens is 300 g/mol. The number of carboxylic acids is 1. The van der Waals surface area contributed by atoms with Crippen LogP contribution in [-0.4, -0.2) is 60.5 Å². The highest BCUT2D eigenvalue weighted by Crippen LogP contribution is 2.23. The first-order valence-electron chi connectivity index (χ1n) is 6.18. The Morgan fingerprint density at radius 3 is 2.67 bits per heavy atom. The Hall–Kier alpha value is -1.83. The maximum Gasteiger partial charge on any atom is 0.335 e. The van der Waals surface area contributed by atoms with Crippen molar-refractivity contribution in [3.63, 3.8) is 0 Å². The largest absolute Gasteiger partial charge is 0.478 e. The van der Waals surface area contributed by atoms with Gasteiger partial charge in [-0.05, 0) is 18.2 Å². The summed E-state index contributed by atoms with van der Waals surface area (Å²) in [4.78, 5) is 24.3. The molecule has 0 aliphatic carbocycles. The summed E-state index contributed by atoms with van der Waals surface area (Å²) in [6.45, 7) is 0.543. The van der Waals surface area contributed by atoms with Gasteiger partial charge in [-0.25, -0.2) is 9.59 Å². The third-order valence-corrected chi connectivity index (χ3v) is 3.01. The molecule has 8 heteroatoms. The minimum Gasteiger partial charge on any atom is -0.478 e. The Morgan fingerprint density at radius 2 is 2.10 bits per heavy atom. The molecule has 0 heterocycles. The number of rotatable bonds is 7. The summed E-state index contributed by atoms with van der Waals surface area (Å²) >= 11 is 5.93. The van der Waals surface area contributed by atoms with Crippen LogP contribution in [0.2, 0.25) is 5.02 Å². The standard InChI is InChI=1S/C13H17ClN2O5/c1-21-7-5-16(4-6-17)13(20)15-11-8-9(12(18)19)2-3-10(11)14/h2-3,8,17H,4-7H2,1H3,(H,15,20)(H,18,19). The fourth-order valence-corrected chi connectivity index (χ4v) is 1.75. The van der Waals surface area contributed by atoms with Gasteiger partial charge in [0, 0.05) is 20.2 Å². The number of hydrogen-bond donors (Lipinski definition) is 3. The average molecular weight is 317 g/mol. The van der Waals surface area contributed by atoms with Crippen molar-refractivity contribution in [3.8, 4) is 0 Å². The van der Waals surface area contributed by atoms with Crippen molar-refractivity contribution < 1.29 is 24.5 Å². The zero-order chi connectivity index (χ0) is 15.8. The van der Waals surface area contributed by atoms with Crippen LogP contribution in [0.15, 0.2) is 18.2 Å². The fraction of sp³-hybridized carbons (Fsp3) is 0.385. The molecule has 3 N–H and O–H groups in total. The number of carbonyl (C=O) groups excluding carboxylic acids is 1. The van der Waals surface area contributed by atoms with Crippen LogP contribution in [0.5, 0.6) is 0 Å². The first-order valence-corrected chi connectivity index (χ1v) is 6.56. The molecule has 0 aliphatic rings. The van der Waals surface area contributed by atoms with Crippen molar-refractivity contribution in [2.75, 3.05) is 38.7 Å². The Bertz CT molecular complexity index is 509. The van der Waals surface area contributed by atoms with Crippen LogP contribution in [0, 0.1) is 0 Å². The summed E-state index contributed by atoms with van der Waals surface area (Å²) < 4.78 is 4.89. The summed E-state index contributed by atoms with van der Waals surface area (Å²) in [5.74, 6) is -1.12. The second-order valence-corrected chi connectivity index (χ2v) is 4.54. The van der Waals surface area contributed by atoms with Crippen molar-refractivity contribution in [2.24, 2.45) is 0 Å². The highest BCUT2D eigenvalue weighted by atomic mass is 35.5. The first kappa shape index (κ1) is 17.2. The van der Waals surface area contributed by atoms with Crippen LogP contribution in [0.4, 0.5) is 10.5 Å². The van der Waals surface area contributed by atoms with Gasteiger partial charge in [-0.3, -0.25) is 0 Å². The summed E-state index contributed by atoms with van der Waals surface area (Å²) in [5, 5.41) is 20.6. The molecule has 7 nitrogen and oxygen atoms in total. The lowest BCUT2D eigenvalue weighted by molar-refractivity contribution is 0.0697. The molecule has 0 atom stereocenters. The zero-order valence-electron chi connectivity index (χ0n) is 11.5. The van der Waals surface area contributed by atoms with E-state index < -0.39 is 12.0 Å². The van der Waals surface area contributed by atoms with Gasteiger partial charge in [-0.1, -0.05) is 11.6 Å². The van der Waals surface area contributed by atoms with Crippen LogP contribution in [-0.2, 0) is 4.74 Å². The minimum absolute atomic E-state index is 0.0142. The normalized spacial score (nSPS) is 10.2. The number of amides is 2. The molecule has 1 rings (SSSR count). The van der Waals surface area contributed by atoms with E-state index in [-0.39, 0.29) is 29.4 Å². The van der Waals surface area contributed by atoms with Crippen LogP contribution < -0.4 is 5.32 Å². The number of benzene rings is 1. The Kier molecular flexibility index (Phi) is 6.93. The number of nitrogens with zero attached hydrogens (tertiary/aromatic N) is 1. The van der Waals surface area contributed by atoms with Gasteiger partial charge >= 0.3 is 12.0 Å². The highest BCUT2D eigenvalue weighted by Gasteiger charge is 2.15. The van der Waals surface area contributed by atoms with Crippen LogP contribution in [0.25, 0.3) is 0 Å². The number of methoxy groups -OCH3 is 1. The summed E-state index contributed by atoms with van der Waals surface area (Å²) in [6.07, 6.45) is 0. The van der Waals surface area contributed by atoms with Gasteiger partial charge in [0.2, 0.25) is 0 Å². The van der Waals surface area contributed by atoms with Crippen molar-refractivity contribution in [1.29, 1.82) is 0 Å². The number of carbonyl (C=O) groups is 2. The number of aliphatic hydroxyl groups excluding tert-OH is 1. The number of anilines is 1. The molecule has 0 aromatic heterocycles. The average Bonchev–Trinajstić information content (AvgIpc) is 2.45. The van der Waals surface area contributed by atoms with E-state index in [1.165, 1.54) is 30.2 Å². The molecule has 0 radical (unpaired) electrons. The van der Waals surface area contributed by atoms with E-state index >= 15 is 0 Å². The van der Waals surface area contributed by atoms with Gasteiger partial charge in [0.15, 0.2) is 0 Å². The van der Waals surface area contributed by atoms with E-state index in [9.17, 15) is 9.59 Å². The molecule has 1 aromatic carbocycles. The second-order valence-electron chi connectivity index (χ2n) is 4.13. The van der Waals surface area contributed by atoms with E-state index in [1.807, 2.05) is 0 Å². The number of hydrogen-bond acceptors (Lipinski definition) is 4. The van der Waals surface area contributed by atoms with Gasteiger partial charge in [-0.2, -0.15) is 0 Å². The highest BCUT2D eigenvalue weighted by molar-refractivity contribution is 6.33. The van der Waals surface area contributed by atoms with E-state index in [2.05, 4.69) is 5.32 Å². The van der Waals surface area contributed by atoms with E-state index in [0.29, 0.717) is 13.2 Å². The van der Waals surface area contributed by atoms with Gasteiger partial charge < -0.3 is 25.2 Å². The Labute approximate surface area is 127 Å². The SMILES string of the molecule is COCCN(CCO)C(=O)Nc1cc(C(=O)O)ccc1Cl. The topological polar surface area (TPSA) is 99.1 Å². The minimum atomic E-state index is -1.12. The van der Waals surface area contributed by atoms with Gasteiger partial charge in [0.05, 0.1) is 29.5 Å². The predicted molar refractivity (Wildman–Crippen MR) is 78.0 cm³/mol. The van der Waals surface area contributed by atoms with Crippen LogP contribution in [0.1, 0.15) is 10.4 Å². The van der Waals surface area contributed by atoms with Crippen LogP contribution >= 0.6 is 11.6 Å². The molecular formula is C13H17ClN2O5. The van der Waals surface area contributed by atoms with Gasteiger partial charge in [0.25, 0.3) is 0 Å². The Morgan fingerprint density at radius 1 is 1.38 bits per heavy atom. The zero-order valence-corrected chi connectivity index (χ0v) is 12.3. The number of aliphatic hydroxyl groups is 1. The lowest BCUT2D eigenvalue weighted by atomic mass is 10.2. The smallest absolute Gasteiger partial charge is 0.335 e. The van der Waals surface area contributed by atoms with Gasteiger partial charge in [0.1, 0.15) is 0 Å². The molecule has 0 spiro atoms. The van der Waals surface area contributed by atoms with Crippen molar-refractivity contribution >= 4 is 29.3 Å². The van der Waals surface area contributed by atoms with E-state index in [0.717, 1.165) is 0 Å². The molecule has 0 aliphatic heterocycles. The van der Waals surface area contributed by atoms with Crippen molar-refractivity contribution in [2.45, 2.75) is 0 Å². The van der Waals surface area contributed by atoms with Crippen LogP contribution in [0.3, 0.4) is 0 Å². The molecule has 116 valence electrons. The lowest BCUT2D eigenvalue weighted by Gasteiger charge is -2.22. The summed E-state index contributed by atoms with van der Waals surface area (Å²) in [7, 11) is 1.50. The number of urea groups is 1. The second kappa shape index (κ2) is 8.46. The lowest BCUT2D eigenvalue weighted by Crippen LogP contribution is -2.39. The number of ether oxygens (including phenoxy) is 1. The molecule has 21 heavy (non-hydrogen) atoms. The molecule has 1 aromatic rings. The van der Waals surface area contributed by atoms with E-state index in [4.69, 9.17) is 26.6 Å². The molecule has 0 saturated heterocycles. The van der Waals surface area contributed by atoms with Crippen molar-refractivity contribution in [1.82, 2.24) is 4.90 Å². The molecule has 0 saturated carbocycles. The molecule has 2 amide bonds. The number of nitrogens with one attached hydrogen (secondary N) is 1. The van der Waals surface area contributed by atoms with Crippen molar-refractivity contribution in [3.05, 3.63) is 28.8 Å². The maximum atomic E-state index is 12.1. The molecule has 0 bridgehead atoms. The first-order chi connectivity index (χ1) is 9.99. The molecule has 0 unspecified atom stereocenters. The fourth-order valence-electron chi connectivity index (χ4n) is 1.59. The summed E-state index contributed by atoms with van der Waals surface area (Å²) in [6, 6.07) is 3.52. The molecule has 0 fully saturated rings. The monoisotopic (exact) mass is 316 g/mol. The number of halogens is 1.